The highest BCUT2D eigenvalue weighted by molar-refractivity contribution is 5.59. The van der Waals surface area contributed by atoms with Gasteiger partial charge in [-0.2, -0.15) is 5.26 Å². The van der Waals surface area contributed by atoms with E-state index in [-0.39, 0.29) is 11.9 Å². The van der Waals surface area contributed by atoms with Crippen LogP contribution in [0.15, 0.2) is 42.5 Å². The minimum atomic E-state index is -0.129. The molecule has 0 spiro atoms. The van der Waals surface area contributed by atoms with Crippen molar-refractivity contribution < 1.29 is 4.39 Å². The first-order valence-corrected chi connectivity index (χ1v) is 6.32. The van der Waals surface area contributed by atoms with Crippen LogP contribution in [0.25, 0.3) is 0 Å². The van der Waals surface area contributed by atoms with E-state index in [1.807, 2.05) is 24.3 Å². The van der Waals surface area contributed by atoms with E-state index in [0.717, 1.165) is 29.7 Å². The summed E-state index contributed by atoms with van der Waals surface area (Å²) in [4.78, 5) is 0. The van der Waals surface area contributed by atoms with Crippen LogP contribution in [0.1, 0.15) is 29.2 Å². The van der Waals surface area contributed by atoms with Crippen LogP contribution < -0.4 is 5.32 Å². The topological polar surface area (TPSA) is 35.8 Å². The van der Waals surface area contributed by atoms with Crippen molar-refractivity contribution in [3.05, 3.63) is 65.0 Å². The summed E-state index contributed by atoms with van der Waals surface area (Å²) in [5.41, 5.74) is 3.24. The van der Waals surface area contributed by atoms with E-state index in [9.17, 15) is 4.39 Å². The molecule has 0 saturated carbocycles. The lowest BCUT2D eigenvalue weighted by molar-refractivity contribution is 0.612. The number of nitrogens with one attached hydrogen (secondary N) is 1. The van der Waals surface area contributed by atoms with E-state index in [1.54, 1.807) is 12.1 Å². The van der Waals surface area contributed by atoms with E-state index in [4.69, 9.17) is 5.26 Å². The molecule has 0 radical (unpaired) electrons. The highest BCUT2D eigenvalue weighted by Gasteiger charge is 2.25. The number of para-hydroxylation sites is 1. The predicted octanol–water partition coefficient (Wildman–Crippen LogP) is 3.80. The van der Waals surface area contributed by atoms with Gasteiger partial charge in [0.2, 0.25) is 0 Å². The summed E-state index contributed by atoms with van der Waals surface area (Å²) in [6, 6.07) is 14.9. The molecule has 0 aromatic heterocycles. The van der Waals surface area contributed by atoms with Gasteiger partial charge >= 0.3 is 0 Å². The number of benzene rings is 2. The van der Waals surface area contributed by atoms with Crippen molar-refractivity contribution in [3.8, 4) is 6.07 Å². The van der Waals surface area contributed by atoms with Crippen LogP contribution in [0.4, 0.5) is 10.1 Å². The van der Waals surface area contributed by atoms with Gasteiger partial charge in [0.25, 0.3) is 0 Å². The van der Waals surface area contributed by atoms with Gasteiger partial charge in [-0.1, -0.05) is 24.3 Å². The first kappa shape index (κ1) is 11.7. The summed E-state index contributed by atoms with van der Waals surface area (Å²) in [5.74, 6) is -0.129. The second-order valence-electron chi connectivity index (χ2n) is 4.70. The van der Waals surface area contributed by atoms with Gasteiger partial charge in [0.05, 0.1) is 17.3 Å². The number of nitrogens with zero attached hydrogens (tertiary/aromatic N) is 1. The third kappa shape index (κ3) is 2.06. The zero-order valence-electron chi connectivity index (χ0n) is 10.4. The number of hydrogen-bond acceptors (Lipinski definition) is 2. The molecular formula is C16H13FN2. The largest absolute Gasteiger partial charge is 0.377 e. The molecule has 1 aliphatic carbocycles. The van der Waals surface area contributed by atoms with E-state index >= 15 is 0 Å². The Hall–Kier alpha value is -2.34. The maximum Gasteiger partial charge on any atom is 0.126 e. The van der Waals surface area contributed by atoms with Crippen molar-refractivity contribution in [3.63, 3.8) is 0 Å². The first-order valence-electron chi connectivity index (χ1n) is 6.32. The number of rotatable bonds is 2. The van der Waals surface area contributed by atoms with E-state index in [2.05, 4.69) is 11.4 Å². The van der Waals surface area contributed by atoms with Gasteiger partial charge in [-0.3, -0.25) is 0 Å². The van der Waals surface area contributed by atoms with Crippen LogP contribution in [-0.4, -0.2) is 0 Å². The van der Waals surface area contributed by atoms with Crippen molar-refractivity contribution in [1.29, 1.82) is 5.26 Å². The zero-order valence-corrected chi connectivity index (χ0v) is 10.4. The number of nitriles is 1. The fourth-order valence-corrected chi connectivity index (χ4v) is 2.65. The van der Waals surface area contributed by atoms with Crippen molar-refractivity contribution in [2.24, 2.45) is 0 Å². The van der Waals surface area contributed by atoms with E-state index in [1.165, 1.54) is 6.07 Å². The molecule has 0 bridgehead atoms. The molecule has 1 unspecified atom stereocenters. The molecule has 0 aliphatic heterocycles. The summed E-state index contributed by atoms with van der Waals surface area (Å²) < 4.78 is 13.7. The van der Waals surface area contributed by atoms with Gasteiger partial charge in [-0.05, 0) is 42.2 Å². The smallest absolute Gasteiger partial charge is 0.126 e. The second-order valence-corrected chi connectivity index (χ2v) is 4.70. The first-order chi connectivity index (χ1) is 9.29. The molecule has 3 rings (SSSR count). The van der Waals surface area contributed by atoms with Crippen molar-refractivity contribution >= 4 is 5.69 Å². The van der Waals surface area contributed by atoms with Gasteiger partial charge in [0, 0.05) is 0 Å². The molecule has 1 aliphatic rings. The summed E-state index contributed by atoms with van der Waals surface area (Å²) in [7, 11) is 0. The minimum Gasteiger partial charge on any atom is -0.377 e. The number of fused-ring (bicyclic) bond motifs is 1. The monoisotopic (exact) mass is 252 g/mol. The summed E-state index contributed by atoms with van der Waals surface area (Å²) in [6.07, 6.45) is 1.60. The van der Waals surface area contributed by atoms with Crippen LogP contribution in [-0.2, 0) is 6.42 Å². The van der Waals surface area contributed by atoms with Crippen molar-refractivity contribution in [2.75, 3.05) is 5.32 Å². The van der Waals surface area contributed by atoms with Crippen LogP contribution in [0.2, 0.25) is 0 Å². The molecule has 3 heteroatoms. The third-order valence-electron chi connectivity index (χ3n) is 3.59. The molecule has 94 valence electrons. The molecule has 2 aromatic carbocycles. The normalized spacial score (nSPS) is 16.7. The average molecular weight is 252 g/mol. The van der Waals surface area contributed by atoms with Crippen LogP contribution in [0, 0.1) is 17.1 Å². The summed E-state index contributed by atoms with van der Waals surface area (Å²) in [5, 5.41) is 12.4. The number of halogens is 1. The fraction of sp³-hybridized carbons (Fsp3) is 0.188. The average Bonchev–Trinajstić information content (AvgIpc) is 2.84. The Labute approximate surface area is 111 Å². The highest BCUT2D eigenvalue weighted by atomic mass is 19.1. The molecule has 0 heterocycles. The Morgan fingerprint density at radius 1 is 1.16 bits per heavy atom. The predicted molar refractivity (Wildman–Crippen MR) is 72.2 cm³/mol. The van der Waals surface area contributed by atoms with Gasteiger partial charge in [-0.25, -0.2) is 4.39 Å². The van der Waals surface area contributed by atoms with Crippen molar-refractivity contribution in [1.82, 2.24) is 0 Å². The third-order valence-corrected chi connectivity index (χ3v) is 3.59. The quantitative estimate of drug-likeness (QED) is 0.882. The number of hydrogen-bond donors (Lipinski definition) is 1. The van der Waals surface area contributed by atoms with Crippen LogP contribution in [0.3, 0.4) is 0 Å². The minimum absolute atomic E-state index is 0.0835. The summed E-state index contributed by atoms with van der Waals surface area (Å²) >= 11 is 0. The lowest BCUT2D eigenvalue weighted by atomic mass is 10.1. The van der Waals surface area contributed by atoms with E-state index < -0.39 is 0 Å². The lowest BCUT2D eigenvalue weighted by Crippen LogP contribution is -2.08. The van der Waals surface area contributed by atoms with Gasteiger partial charge in [0.15, 0.2) is 0 Å². The highest BCUT2D eigenvalue weighted by Crippen LogP contribution is 2.35. The van der Waals surface area contributed by atoms with Crippen molar-refractivity contribution in [2.45, 2.75) is 18.9 Å². The molecule has 2 nitrogen and oxygen atoms in total. The maximum atomic E-state index is 13.7. The van der Waals surface area contributed by atoms with Crippen LogP contribution in [0.5, 0.6) is 0 Å². The SMILES string of the molecule is N#Cc1ccccc1NC1CCc2c(F)cccc21. The molecule has 0 amide bonds. The van der Waals surface area contributed by atoms with Gasteiger partial charge in [-0.15, -0.1) is 0 Å². The Kier molecular flexibility index (Phi) is 2.92. The summed E-state index contributed by atoms with van der Waals surface area (Å²) in [6.45, 7) is 0. The van der Waals surface area contributed by atoms with Gasteiger partial charge in [0.1, 0.15) is 11.9 Å². The Balaban J connectivity index is 1.92. The van der Waals surface area contributed by atoms with Crippen LogP contribution >= 0.6 is 0 Å². The van der Waals surface area contributed by atoms with E-state index in [0.29, 0.717) is 5.56 Å². The molecule has 2 aromatic rings. The lowest BCUT2D eigenvalue weighted by Gasteiger charge is -2.16. The maximum absolute atomic E-state index is 13.7. The zero-order chi connectivity index (χ0) is 13.2. The number of anilines is 1. The molecule has 0 fully saturated rings. The molecule has 0 saturated heterocycles. The fourth-order valence-electron chi connectivity index (χ4n) is 2.65. The Morgan fingerprint density at radius 3 is 2.84 bits per heavy atom. The molecular weight excluding hydrogens is 239 g/mol. The second kappa shape index (κ2) is 4.74. The molecule has 1 atom stereocenters. The Morgan fingerprint density at radius 2 is 2.00 bits per heavy atom. The van der Waals surface area contributed by atoms with Gasteiger partial charge < -0.3 is 5.32 Å². The molecule has 1 N–H and O–H groups in total. The molecule has 19 heavy (non-hydrogen) atoms. The Bertz CT molecular complexity index is 658. The standard InChI is InChI=1S/C16H13FN2/c17-14-6-3-5-13-12(14)8-9-16(13)19-15-7-2-1-4-11(15)10-18/h1-7,16,19H,8-9H2.